The lowest BCUT2D eigenvalue weighted by atomic mass is 9.84. The molecule has 17 nitrogen and oxygen atoms in total. The summed E-state index contributed by atoms with van der Waals surface area (Å²) in [7, 11) is 6.79. The molecule has 6 heterocycles. The topological polar surface area (TPSA) is 192 Å². The Morgan fingerprint density at radius 1 is 1.06 bits per heavy atom. The largest absolute Gasteiger partial charge is 0.464 e. The lowest BCUT2D eigenvalue weighted by molar-refractivity contribution is -0.156. The summed E-state index contributed by atoms with van der Waals surface area (Å²) >= 11 is 0. The van der Waals surface area contributed by atoms with Crippen LogP contribution in [0.25, 0.3) is 33.3 Å². The summed E-state index contributed by atoms with van der Waals surface area (Å²) in [6, 6.07) is 7.17. The Kier molecular flexibility index (Phi) is 15.6. The zero-order chi connectivity index (χ0) is 49.8. The minimum absolute atomic E-state index is 0.0262. The molecule has 4 amide bonds. The van der Waals surface area contributed by atoms with Crippen molar-refractivity contribution in [2.45, 2.75) is 104 Å². The number of nitrogens with zero attached hydrogens (tertiary/aromatic N) is 7. The van der Waals surface area contributed by atoms with Gasteiger partial charge in [0.1, 0.15) is 18.1 Å². The third-order valence-electron chi connectivity index (χ3n) is 13.3. The van der Waals surface area contributed by atoms with Crippen LogP contribution in [-0.4, -0.2) is 154 Å². The summed E-state index contributed by atoms with van der Waals surface area (Å²) in [5, 5.41) is 17.0. The van der Waals surface area contributed by atoms with Gasteiger partial charge in [-0.15, -0.1) is 0 Å². The Morgan fingerprint density at radius 2 is 1.84 bits per heavy atom. The predicted molar refractivity (Wildman–Crippen MR) is 261 cm³/mol. The molecule has 69 heavy (non-hydrogen) atoms. The number of hydrogen-bond donors (Lipinski definition) is 3. The third kappa shape index (κ3) is 11.2. The average molecular weight is 946 g/mol. The number of aliphatic hydroxyl groups is 1. The molecule has 3 N–H and O–H groups in total. The van der Waals surface area contributed by atoms with Crippen LogP contribution in [0.5, 0.6) is 0 Å². The molecule has 0 aliphatic carbocycles. The van der Waals surface area contributed by atoms with E-state index in [-0.39, 0.29) is 39.1 Å². The van der Waals surface area contributed by atoms with Gasteiger partial charge in [0, 0.05) is 98.9 Å². The van der Waals surface area contributed by atoms with Crippen LogP contribution < -0.4 is 10.7 Å². The number of likely N-dealkylation sites (N-methyl/N-ethyl adjacent to an activating group) is 1. The molecule has 1 aromatic carbocycles. The van der Waals surface area contributed by atoms with E-state index in [4.69, 9.17) is 9.47 Å². The molecule has 3 aliphatic heterocycles. The molecule has 3 aromatic heterocycles. The number of carbonyl (C=O) groups excluding carboxylic acids is 5. The monoisotopic (exact) mass is 946 g/mol. The van der Waals surface area contributed by atoms with Crippen molar-refractivity contribution in [1.29, 1.82) is 0 Å². The van der Waals surface area contributed by atoms with Crippen LogP contribution in [-0.2, 0) is 59.4 Å². The van der Waals surface area contributed by atoms with Gasteiger partial charge in [-0.2, -0.15) is 0 Å². The summed E-state index contributed by atoms with van der Waals surface area (Å²) < 4.78 is 14.0. The highest BCUT2D eigenvalue weighted by molar-refractivity contribution is 5.98. The number of esters is 1. The van der Waals surface area contributed by atoms with Gasteiger partial charge < -0.3 is 34.3 Å². The molecule has 7 rings (SSSR count). The van der Waals surface area contributed by atoms with Crippen LogP contribution in [0.1, 0.15) is 70.6 Å². The molecular formula is C52H67N9O8. The van der Waals surface area contributed by atoms with Gasteiger partial charge in [-0.3, -0.25) is 43.8 Å². The maximum Gasteiger partial charge on any atom is 0.324 e. The van der Waals surface area contributed by atoms with Crippen LogP contribution in [0.2, 0.25) is 0 Å². The molecule has 4 atom stereocenters. The number of aromatic nitrogens is 3. The Morgan fingerprint density at radius 3 is 2.57 bits per heavy atom. The van der Waals surface area contributed by atoms with Gasteiger partial charge in [0.15, 0.2) is 5.60 Å². The van der Waals surface area contributed by atoms with E-state index in [9.17, 15) is 29.1 Å². The minimum Gasteiger partial charge on any atom is -0.464 e. The van der Waals surface area contributed by atoms with E-state index < -0.39 is 64.7 Å². The van der Waals surface area contributed by atoms with E-state index >= 15 is 0 Å². The number of amides is 4. The van der Waals surface area contributed by atoms with Crippen molar-refractivity contribution in [3.05, 3.63) is 71.8 Å². The van der Waals surface area contributed by atoms with Crippen LogP contribution in [0.3, 0.4) is 0 Å². The molecule has 0 spiro atoms. The number of aryl methyl sites for hydroxylation is 1. The number of likely N-dealkylation sites (tertiary alicyclic amines) is 1. The lowest BCUT2D eigenvalue weighted by Gasteiger charge is -2.37. The Labute approximate surface area is 404 Å². The number of cyclic esters (lactones) is 1. The summed E-state index contributed by atoms with van der Waals surface area (Å²) in [6.07, 6.45) is 8.59. The quantitative estimate of drug-likeness (QED) is 0.155. The van der Waals surface area contributed by atoms with Crippen molar-refractivity contribution in [2.75, 3.05) is 61.0 Å². The van der Waals surface area contributed by atoms with E-state index in [0.717, 1.165) is 44.4 Å². The average Bonchev–Trinajstić information content (AvgIpc) is 3.87. The number of hydrogen-bond acceptors (Lipinski definition) is 12. The highest BCUT2D eigenvalue weighted by Crippen LogP contribution is 2.41. The molecule has 368 valence electrons. The summed E-state index contributed by atoms with van der Waals surface area (Å²) in [4.78, 5) is 83.8. The first kappa shape index (κ1) is 50.7. The molecule has 2 fully saturated rings. The van der Waals surface area contributed by atoms with Crippen molar-refractivity contribution >= 4 is 40.5 Å². The third-order valence-corrected chi connectivity index (χ3v) is 13.3. The molecule has 0 saturated carbocycles. The van der Waals surface area contributed by atoms with E-state index in [1.807, 2.05) is 37.3 Å². The van der Waals surface area contributed by atoms with Crippen LogP contribution in [0.4, 0.5) is 0 Å². The van der Waals surface area contributed by atoms with Crippen molar-refractivity contribution in [3.8, 4) is 34.2 Å². The number of hydrazine groups is 1. The number of nitrogens with one attached hydrogen (secondary N) is 2. The normalized spacial score (nSPS) is 21.1. The zero-order valence-corrected chi connectivity index (χ0v) is 41.4. The zero-order valence-electron chi connectivity index (χ0n) is 41.4. The van der Waals surface area contributed by atoms with Gasteiger partial charge in [-0.25, -0.2) is 5.43 Å². The number of β-amino-alcohol motifs (C(OH)–C–C–N with tert-alkyl or cyclic N) is 1. The van der Waals surface area contributed by atoms with Crippen LogP contribution in [0.15, 0.2) is 55.1 Å². The number of benzene rings is 1. The van der Waals surface area contributed by atoms with E-state index in [0.29, 0.717) is 44.5 Å². The maximum absolute atomic E-state index is 14.7. The second-order valence-electron chi connectivity index (χ2n) is 20.0. The first-order chi connectivity index (χ1) is 32.8. The summed E-state index contributed by atoms with van der Waals surface area (Å²) in [5.74, 6) is 2.12. The highest BCUT2D eigenvalue weighted by Gasteiger charge is 2.48. The molecule has 6 bridgehead atoms. The van der Waals surface area contributed by atoms with Crippen molar-refractivity contribution in [3.63, 3.8) is 0 Å². The Bertz CT molecular complexity index is 2650. The SMILES string of the molecule is CCn1c(-c2cnccc2COC)c2c3cc(ccc31)-c1cncc(c1)C[C@H](NC(=O)[C@H](C(C)C)N(C)C(=O)[C@@]1(O)CCN(C(=O)C#CCN(C)C)C1)C(=O)N1CCC[C@H](N1)C(=O)OCC(C)(C)C2. The number of pyridine rings is 2. The minimum atomic E-state index is -1.95. The summed E-state index contributed by atoms with van der Waals surface area (Å²) in [5.41, 5.74) is 8.10. The van der Waals surface area contributed by atoms with Gasteiger partial charge in [0.25, 0.3) is 17.7 Å². The predicted octanol–water partition coefficient (Wildman–Crippen LogP) is 3.59. The molecular weight excluding hydrogens is 879 g/mol. The van der Waals surface area contributed by atoms with Crippen molar-refractivity contribution in [1.82, 2.24) is 45.0 Å². The van der Waals surface area contributed by atoms with Gasteiger partial charge >= 0.3 is 5.97 Å². The van der Waals surface area contributed by atoms with Gasteiger partial charge in [-0.1, -0.05) is 39.7 Å². The Balaban J connectivity index is 1.24. The number of rotatable bonds is 10. The van der Waals surface area contributed by atoms with Gasteiger partial charge in [-0.05, 0) is 98.6 Å². The fourth-order valence-electron chi connectivity index (χ4n) is 9.86. The van der Waals surface area contributed by atoms with Crippen molar-refractivity contribution < 1.29 is 38.6 Å². The second-order valence-corrected chi connectivity index (χ2v) is 20.0. The Hall–Kier alpha value is -6.19. The first-order valence-corrected chi connectivity index (χ1v) is 23.8. The molecule has 2 saturated heterocycles. The van der Waals surface area contributed by atoms with Crippen LogP contribution >= 0.6 is 0 Å². The number of ether oxygens (including phenoxy) is 2. The fourth-order valence-corrected chi connectivity index (χ4v) is 9.86. The van der Waals surface area contributed by atoms with Crippen LogP contribution in [0, 0.1) is 23.2 Å². The standard InChI is InChI=1S/C52H67N9O8/c1-10-60-43-16-15-35-25-38(43)39(46(60)40-29-53-19-17-36(40)30-68-9)26-51(4,5)32-69-49(65)41-13-11-21-61(56-41)48(64)42(24-34-23-37(35)28-54-27-34)55-47(63)45(33(2)3)58(8)50(66)52(67)18-22-59(31-52)44(62)14-12-20-57(6)7/h15-17,19,23,25,27-29,33,41-42,45,56,67H,10-11,13,18,20-22,24,26,30-32H2,1-9H3,(H,55,63)/t41-,42-,45-,52+/m0/s1. The van der Waals surface area contributed by atoms with E-state index in [1.165, 1.54) is 21.9 Å². The number of fused-ring (bicyclic) bond motifs is 6. The maximum atomic E-state index is 14.7. The second kappa shape index (κ2) is 21.2. The van der Waals surface area contributed by atoms with E-state index in [1.54, 1.807) is 39.5 Å². The highest BCUT2D eigenvalue weighted by atomic mass is 16.5. The molecule has 0 radical (unpaired) electrons. The van der Waals surface area contributed by atoms with Gasteiger partial charge in [0.05, 0.1) is 32.0 Å². The summed E-state index contributed by atoms with van der Waals surface area (Å²) in [6.45, 7) is 11.5. The van der Waals surface area contributed by atoms with Gasteiger partial charge in [0.2, 0.25) is 5.91 Å². The lowest BCUT2D eigenvalue weighted by Crippen LogP contribution is -2.63. The first-order valence-electron chi connectivity index (χ1n) is 23.8. The smallest absolute Gasteiger partial charge is 0.324 e. The molecule has 17 heteroatoms. The molecule has 0 unspecified atom stereocenters. The van der Waals surface area contributed by atoms with E-state index in [2.05, 4.69) is 76.1 Å². The number of methoxy groups -OCH3 is 1. The number of carbonyl (C=O) groups is 5. The fraction of sp³-hybridized carbons (Fsp3) is 0.519. The molecule has 3 aliphatic rings. The van der Waals surface area contributed by atoms with Crippen molar-refractivity contribution in [2.24, 2.45) is 11.3 Å². The molecule has 4 aromatic rings.